The van der Waals surface area contributed by atoms with Crippen molar-refractivity contribution in [3.05, 3.63) is 35.6 Å². The molecule has 2 fully saturated rings. The molecule has 1 saturated carbocycles. The number of rotatable bonds is 4. The maximum atomic E-state index is 12.9. The van der Waals surface area contributed by atoms with Crippen LogP contribution in [0.4, 0.5) is 4.39 Å². The second-order valence-electron chi connectivity index (χ2n) is 6.55. The van der Waals surface area contributed by atoms with Crippen LogP contribution in [0.3, 0.4) is 0 Å². The number of carbonyl (C=O) groups is 2. The Kier molecular flexibility index (Phi) is 4.94. The molecule has 1 aliphatic carbocycles. The third-order valence-electron chi connectivity index (χ3n) is 4.69. The lowest BCUT2D eigenvalue weighted by Crippen LogP contribution is -2.42. The maximum Gasteiger partial charge on any atom is 0.239 e. The van der Waals surface area contributed by atoms with Gasteiger partial charge in [0.15, 0.2) is 0 Å². The average Bonchev–Trinajstić information content (AvgIpc) is 3.27. The number of amides is 2. The van der Waals surface area contributed by atoms with Gasteiger partial charge in [0.1, 0.15) is 5.82 Å². The molecule has 1 aromatic rings. The Morgan fingerprint density at radius 2 is 1.91 bits per heavy atom. The molecule has 23 heavy (non-hydrogen) atoms. The smallest absolute Gasteiger partial charge is 0.239 e. The first-order chi connectivity index (χ1) is 11.1. The minimum absolute atomic E-state index is 0.0886. The SMILES string of the molecule is O=C(CN1CCCCCCC1=O)N[C@@H]1C[C@H]1c1ccc(F)cc1. The van der Waals surface area contributed by atoms with Gasteiger partial charge in [-0.3, -0.25) is 9.59 Å². The van der Waals surface area contributed by atoms with E-state index in [0.717, 1.165) is 37.7 Å². The first-order valence-corrected chi connectivity index (χ1v) is 8.46. The zero-order valence-corrected chi connectivity index (χ0v) is 13.3. The number of carbonyl (C=O) groups excluding carboxylic acids is 2. The quantitative estimate of drug-likeness (QED) is 0.927. The van der Waals surface area contributed by atoms with Gasteiger partial charge in [0, 0.05) is 24.9 Å². The number of nitrogens with one attached hydrogen (secondary N) is 1. The van der Waals surface area contributed by atoms with Gasteiger partial charge in [0.05, 0.1) is 6.54 Å². The van der Waals surface area contributed by atoms with E-state index >= 15 is 0 Å². The molecule has 0 radical (unpaired) electrons. The molecule has 2 aliphatic rings. The molecule has 4 nitrogen and oxygen atoms in total. The van der Waals surface area contributed by atoms with E-state index in [9.17, 15) is 14.0 Å². The fourth-order valence-corrected chi connectivity index (χ4v) is 3.24. The van der Waals surface area contributed by atoms with Gasteiger partial charge in [-0.15, -0.1) is 0 Å². The van der Waals surface area contributed by atoms with Gasteiger partial charge in [-0.25, -0.2) is 4.39 Å². The van der Waals surface area contributed by atoms with Crippen LogP contribution in [0, 0.1) is 5.82 Å². The number of halogens is 1. The van der Waals surface area contributed by atoms with Crippen LogP contribution in [-0.4, -0.2) is 35.8 Å². The molecule has 1 saturated heterocycles. The Bertz CT molecular complexity index is 573. The lowest BCUT2D eigenvalue weighted by atomic mass is 10.1. The molecule has 2 amide bonds. The number of benzene rings is 1. The third-order valence-corrected chi connectivity index (χ3v) is 4.69. The summed E-state index contributed by atoms with van der Waals surface area (Å²) < 4.78 is 12.9. The first kappa shape index (κ1) is 16.0. The standard InChI is InChI=1S/C18H23FN2O2/c19-14-8-6-13(7-9-14)15-11-16(15)20-17(22)12-21-10-4-2-1-3-5-18(21)23/h6-9,15-16H,1-5,10-12H2,(H,20,22)/t15-,16+/m0/s1. The highest BCUT2D eigenvalue weighted by atomic mass is 19.1. The van der Waals surface area contributed by atoms with E-state index in [0.29, 0.717) is 13.0 Å². The highest BCUT2D eigenvalue weighted by Gasteiger charge is 2.39. The van der Waals surface area contributed by atoms with E-state index < -0.39 is 0 Å². The van der Waals surface area contributed by atoms with Gasteiger partial charge in [-0.2, -0.15) is 0 Å². The second-order valence-corrected chi connectivity index (χ2v) is 6.55. The summed E-state index contributed by atoms with van der Waals surface area (Å²) >= 11 is 0. The number of likely N-dealkylation sites (tertiary alicyclic amines) is 1. The van der Waals surface area contributed by atoms with E-state index in [-0.39, 0.29) is 36.1 Å². The molecule has 5 heteroatoms. The van der Waals surface area contributed by atoms with Crippen LogP contribution in [0.15, 0.2) is 24.3 Å². The molecule has 0 unspecified atom stereocenters. The van der Waals surface area contributed by atoms with Crippen molar-refractivity contribution in [3.8, 4) is 0 Å². The molecule has 124 valence electrons. The molecule has 1 aromatic carbocycles. The zero-order chi connectivity index (χ0) is 16.2. The summed E-state index contributed by atoms with van der Waals surface area (Å²) in [6.07, 6.45) is 5.56. The van der Waals surface area contributed by atoms with Crippen molar-refractivity contribution in [1.29, 1.82) is 0 Å². The van der Waals surface area contributed by atoms with Gasteiger partial charge >= 0.3 is 0 Å². The van der Waals surface area contributed by atoms with Gasteiger partial charge in [0.2, 0.25) is 11.8 Å². The maximum absolute atomic E-state index is 12.9. The third kappa shape index (κ3) is 4.30. The van der Waals surface area contributed by atoms with E-state index in [4.69, 9.17) is 0 Å². The second kappa shape index (κ2) is 7.11. The van der Waals surface area contributed by atoms with Gasteiger partial charge in [-0.05, 0) is 37.0 Å². The topological polar surface area (TPSA) is 49.4 Å². The predicted molar refractivity (Wildman–Crippen MR) is 85.4 cm³/mol. The van der Waals surface area contributed by atoms with Crippen molar-refractivity contribution < 1.29 is 14.0 Å². The van der Waals surface area contributed by atoms with Gasteiger partial charge in [-0.1, -0.05) is 25.0 Å². The zero-order valence-electron chi connectivity index (χ0n) is 13.3. The highest BCUT2D eigenvalue weighted by Crippen LogP contribution is 2.40. The van der Waals surface area contributed by atoms with Gasteiger partial charge in [0.25, 0.3) is 0 Å². The molecule has 0 bridgehead atoms. The minimum atomic E-state index is -0.245. The Hall–Kier alpha value is -1.91. The Labute approximate surface area is 136 Å². The van der Waals surface area contributed by atoms with Crippen molar-refractivity contribution in [2.75, 3.05) is 13.1 Å². The first-order valence-electron chi connectivity index (χ1n) is 8.46. The summed E-state index contributed by atoms with van der Waals surface area (Å²) in [7, 11) is 0. The van der Waals surface area contributed by atoms with Crippen molar-refractivity contribution in [2.24, 2.45) is 0 Å². The molecule has 3 rings (SSSR count). The van der Waals surface area contributed by atoms with Crippen molar-refractivity contribution in [3.63, 3.8) is 0 Å². The summed E-state index contributed by atoms with van der Waals surface area (Å²) in [5, 5.41) is 2.99. The molecule has 1 heterocycles. The summed E-state index contributed by atoms with van der Waals surface area (Å²) in [6, 6.07) is 6.55. The van der Waals surface area contributed by atoms with Crippen LogP contribution >= 0.6 is 0 Å². The van der Waals surface area contributed by atoms with Crippen LogP contribution in [0.1, 0.15) is 50.0 Å². The normalized spacial score (nSPS) is 24.7. The predicted octanol–water partition coefficient (Wildman–Crippen LogP) is 2.59. The van der Waals surface area contributed by atoms with Crippen LogP contribution in [-0.2, 0) is 9.59 Å². The molecule has 0 aromatic heterocycles. The van der Waals surface area contributed by atoms with E-state index in [1.165, 1.54) is 12.1 Å². The van der Waals surface area contributed by atoms with E-state index in [2.05, 4.69) is 5.32 Å². The Morgan fingerprint density at radius 3 is 2.70 bits per heavy atom. The molecule has 1 N–H and O–H groups in total. The van der Waals surface area contributed by atoms with E-state index in [1.54, 1.807) is 17.0 Å². The summed E-state index contributed by atoms with van der Waals surface area (Å²) in [6.45, 7) is 0.837. The van der Waals surface area contributed by atoms with Crippen LogP contribution in [0.2, 0.25) is 0 Å². The number of hydrogen-bond acceptors (Lipinski definition) is 2. The van der Waals surface area contributed by atoms with Crippen LogP contribution < -0.4 is 5.32 Å². The van der Waals surface area contributed by atoms with Gasteiger partial charge < -0.3 is 10.2 Å². The highest BCUT2D eigenvalue weighted by molar-refractivity contribution is 5.85. The van der Waals surface area contributed by atoms with Crippen LogP contribution in [0.25, 0.3) is 0 Å². The minimum Gasteiger partial charge on any atom is -0.351 e. The molecular formula is C18H23FN2O2. The summed E-state index contributed by atoms with van der Waals surface area (Å²) in [4.78, 5) is 25.9. The molecule has 0 spiro atoms. The number of nitrogens with zero attached hydrogens (tertiary/aromatic N) is 1. The lowest BCUT2D eigenvalue weighted by molar-refractivity contribution is -0.136. The number of hydrogen-bond donors (Lipinski definition) is 1. The fourth-order valence-electron chi connectivity index (χ4n) is 3.24. The Balaban J connectivity index is 1.48. The van der Waals surface area contributed by atoms with Crippen molar-refractivity contribution >= 4 is 11.8 Å². The van der Waals surface area contributed by atoms with Crippen LogP contribution in [0.5, 0.6) is 0 Å². The van der Waals surface area contributed by atoms with E-state index in [1.807, 2.05) is 0 Å². The fraction of sp³-hybridized carbons (Fsp3) is 0.556. The van der Waals surface area contributed by atoms with Crippen molar-refractivity contribution in [1.82, 2.24) is 10.2 Å². The largest absolute Gasteiger partial charge is 0.351 e. The van der Waals surface area contributed by atoms with Crippen molar-refractivity contribution in [2.45, 2.75) is 50.5 Å². The lowest BCUT2D eigenvalue weighted by Gasteiger charge is -2.24. The summed E-state index contributed by atoms with van der Waals surface area (Å²) in [5.74, 6) is 0.0208. The Morgan fingerprint density at radius 1 is 1.17 bits per heavy atom. The summed E-state index contributed by atoms with van der Waals surface area (Å²) in [5.41, 5.74) is 1.05. The monoisotopic (exact) mass is 318 g/mol. The molecule has 1 aliphatic heterocycles. The molecule has 2 atom stereocenters. The average molecular weight is 318 g/mol. The molecular weight excluding hydrogens is 295 g/mol.